The van der Waals surface area contributed by atoms with Crippen molar-refractivity contribution in [2.75, 3.05) is 14.2 Å². The van der Waals surface area contributed by atoms with Gasteiger partial charge in [0.1, 0.15) is 5.75 Å². The first-order valence-electron chi connectivity index (χ1n) is 7.38. The fourth-order valence-corrected chi connectivity index (χ4v) is 2.91. The van der Waals surface area contributed by atoms with Gasteiger partial charge in [0.2, 0.25) is 0 Å². The SMILES string of the molecule is CNC(c1cc(C)c(OC)cc1C)c1cccc(C)c1C. The molecule has 0 heterocycles. The second-order valence-electron chi connectivity index (χ2n) is 5.69. The lowest BCUT2D eigenvalue weighted by Crippen LogP contribution is -2.20. The molecular weight excluding hydrogens is 258 g/mol. The Kier molecular flexibility index (Phi) is 4.69. The molecule has 0 amide bonds. The van der Waals surface area contributed by atoms with Crippen molar-refractivity contribution in [3.8, 4) is 5.75 Å². The van der Waals surface area contributed by atoms with E-state index in [4.69, 9.17) is 4.74 Å². The van der Waals surface area contributed by atoms with E-state index >= 15 is 0 Å². The number of methoxy groups -OCH3 is 1. The van der Waals surface area contributed by atoms with Gasteiger partial charge in [-0.3, -0.25) is 0 Å². The summed E-state index contributed by atoms with van der Waals surface area (Å²) in [6.07, 6.45) is 0. The van der Waals surface area contributed by atoms with Gasteiger partial charge in [-0.05, 0) is 74.2 Å². The van der Waals surface area contributed by atoms with Crippen LogP contribution in [0.5, 0.6) is 5.75 Å². The van der Waals surface area contributed by atoms with Gasteiger partial charge in [0.15, 0.2) is 0 Å². The molecule has 0 saturated heterocycles. The molecule has 1 unspecified atom stereocenters. The molecule has 2 heteroatoms. The lowest BCUT2D eigenvalue weighted by molar-refractivity contribution is 0.411. The molecule has 0 radical (unpaired) electrons. The first kappa shape index (κ1) is 15.6. The van der Waals surface area contributed by atoms with E-state index in [0.29, 0.717) is 0 Å². The summed E-state index contributed by atoms with van der Waals surface area (Å²) in [7, 11) is 3.74. The molecular formula is C19H25NO. The van der Waals surface area contributed by atoms with Crippen LogP contribution >= 0.6 is 0 Å². The second kappa shape index (κ2) is 6.31. The molecule has 0 aliphatic rings. The summed E-state index contributed by atoms with van der Waals surface area (Å²) in [6.45, 7) is 8.60. The maximum atomic E-state index is 5.42. The Hall–Kier alpha value is -1.80. The summed E-state index contributed by atoms with van der Waals surface area (Å²) < 4.78 is 5.42. The Labute approximate surface area is 128 Å². The first-order chi connectivity index (χ1) is 9.99. The zero-order valence-electron chi connectivity index (χ0n) is 13.9. The summed E-state index contributed by atoms with van der Waals surface area (Å²) in [4.78, 5) is 0. The normalized spacial score (nSPS) is 12.3. The van der Waals surface area contributed by atoms with Crippen LogP contribution in [-0.2, 0) is 0 Å². The van der Waals surface area contributed by atoms with Crippen LogP contribution in [0.25, 0.3) is 0 Å². The molecule has 1 N–H and O–H groups in total. The van der Waals surface area contributed by atoms with Gasteiger partial charge in [-0.15, -0.1) is 0 Å². The summed E-state index contributed by atoms with van der Waals surface area (Å²) in [5.41, 5.74) is 7.75. The molecule has 0 bridgehead atoms. The van der Waals surface area contributed by atoms with Gasteiger partial charge in [-0.1, -0.05) is 24.3 Å². The third-order valence-electron chi connectivity index (χ3n) is 4.34. The molecule has 0 spiro atoms. The van der Waals surface area contributed by atoms with Crippen LogP contribution in [0.1, 0.15) is 39.4 Å². The van der Waals surface area contributed by atoms with Crippen molar-refractivity contribution in [2.24, 2.45) is 0 Å². The van der Waals surface area contributed by atoms with Crippen LogP contribution in [0, 0.1) is 27.7 Å². The highest BCUT2D eigenvalue weighted by Gasteiger charge is 2.18. The van der Waals surface area contributed by atoms with E-state index in [1.165, 1.54) is 33.4 Å². The average molecular weight is 283 g/mol. The minimum atomic E-state index is 0.203. The zero-order chi connectivity index (χ0) is 15.6. The van der Waals surface area contributed by atoms with Crippen LogP contribution in [-0.4, -0.2) is 14.2 Å². The predicted octanol–water partition coefficient (Wildman–Crippen LogP) is 4.24. The fourth-order valence-electron chi connectivity index (χ4n) is 2.91. The van der Waals surface area contributed by atoms with Crippen molar-refractivity contribution in [1.82, 2.24) is 5.32 Å². The molecule has 0 aliphatic heterocycles. The van der Waals surface area contributed by atoms with Crippen molar-refractivity contribution in [3.05, 3.63) is 63.7 Å². The van der Waals surface area contributed by atoms with Crippen molar-refractivity contribution in [3.63, 3.8) is 0 Å². The van der Waals surface area contributed by atoms with Crippen molar-refractivity contribution < 1.29 is 4.74 Å². The maximum Gasteiger partial charge on any atom is 0.122 e. The molecule has 0 aliphatic carbocycles. The van der Waals surface area contributed by atoms with E-state index in [-0.39, 0.29) is 6.04 Å². The smallest absolute Gasteiger partial charge is 0.122 e. The van der Waals surface area contributed by atoms with Gasteiger partial charge < -0.3 is 10.1 Å². The average Bonchev–Trinajstić information content (AvgIpc) is 2.47. The summed E-state index contributed by atoms with van der Waals surface area (Å²) in [5.74, 6) is 0.951. The van der Waals surface area contributed by atoms with Crippen molar-refractivity contribution in [1.29, 1.82) is 0 Å². The molecule has 0 fully saturated rings. The second-order valence-corrected chi connectivity index (χ2v) is 5.69. The lowest BCUT2D eigenvalue weighted by Gasteiger charge is -2.23. The third kappa shape index (κ3) is 2.96. The van der Waals surface area contributed by atoms with E-state index in [1.54, 1.807) is 7.11 Å². The molecule has 2 rings (SSSR count). The van der Waals surface area contributed by atoms with Crippen molar-refractivity contribution >= 4 is 0 Å². The molecule has 2 aromatic carbocycles. The number of hydrogen-bond donors (Lipinski definition) is 1. The Balaban J connectivity index is 2.57. The Morgan fingerprint density at radius 2 is 1.62 bits per heavy atom. The highest BCUT2D eigenvalue weighted by molar-refractivity contribution is 5.48. The molecule has 112 valence electrons. The van der Waals surface area contributed by atoms with Crippen LogP contribution in [0.4, 0.5) is 0 Å². The van der Waals surface area contributed by atoms with Crippen LogP contribution in [0.15, 0.2) is 30.3 Å². The Bertz CT molecular complexity index is 646. The Morgan fingerprint density at radius 3 is 2.24 bits per heavy atom. The maximum absolute atomic E-state index is 5.42. The number of nitrogens with one attached hydrogen (secondary N) is 1. The van der Waals surface area contributed by atoms with E-state index in [1.807, 2.05) is 7.05 Å². The summed E-state index contributed by atoms with van der Waals surface area (Å²) >= 11 is 0. The van der Waals surface area contributed by atoms with Crippen LogP contribution in [0.2, 0.25) is 0 Å². The minimum absolute atomic E-state index is 0.203. The number of benzene rings is 2. The minimum Gasteiger partial charge on any atom is -0.496 e. The molecule has 0 saturated carbocycles. The van der Waals surface area contributed by atoms with Crippen LogP contribution in [0.3, 0.4) is 0 Å². The first-order valence-corrected chi connectivity index (χ1v) is 7.38. The highest BCUT2D eigenvalue weighted by Crippen LogP contribution is 2.32. The lowest BCUT2D eigenvalue weighted by atomic mass is 9.89. The fraction of sp³-hybridized carbons (Fsp3) is 0.368. The highest BCUT2D eigenvalue weighted by atomic mass is 16.5. The third-order valence-corrected chi connectivity index (χ3v) is 4.34. The largest absolute Gasteiger partial charge is 0.496 e. The quantitative estimate of drug-likeness (QED) is 0.906. The molecule has 0 aromatic heterocycles. The van der Waals surface area contributed by atoms with Gasteiger partial charge in [0.05, 0.1) is 13.2 Å². The van der Waals surface area contributed by atoms with Gasteiger partial charge in [0.25, 0.3) is 0 Å². The standard InChI is InChI=1S/C19H25NO/c1-12-8-7-9-16(15(12)4)19(20-5)17-10-14(3)18(21-6)11-13(17)2/h7-11,19-20H,1-6H3. The number of hydrogen-bond acceptors (Lipinski definition) is 2. The molecule has 21 heavy (non-hydrogen) atoms. The van der Waals surface area contributed by atoms with E-state index < -0.39 is 0 Å². The van der Waals surface area contributed by atoms with Crippen molar-refractivity contribution in [2.45, 2.75) is 33.7 Å². The zero-order valence-corrected chi connectivity index (χ0v) is 13.9. The van der Waals surface area contributed by atoms with E-state index in [9.17, 15) is 0 Å². The Morgan fingerprint density at radius 1 is 0.905 bits per heavy atom. The van der Waals surface area contributed by atoms with Crippen LogP contribution < -0.4 is 10.1 Å². The number of rotatable bonds is 4. The van der Waals surface area contributed by atoms with E-state index in [0.717, 1.165) is 5.75 Å². The number of ether oxygens (including phenoxy) is 1. The number of aryl methyl sites for hydroxylation is 3. The summed E-state index contributed by atoms with van der Waals surface area (Å²) in [5, 5.41) is 3.47. The van der Waals surface area contributed by atoms with E-state index in [2.05, 4.69) is 63.3 Å². The molecule has 2 nitrogen and oxygen atoms in total. The van der Waals surface area contributed by atoms with Gasteiger partial charge >= 0.3 is 0 Å². The monoisotopic (exact) mass is 283 g/mol. The predicted molar refractivity (Wildman–Crippen MR) is 89.3 cm³/mol. The van der Waals surface area contributed by atoms with Gasteiger partial charge in [-0.2, -0.15) is 0 Å². The molecule has 1 atom stereocenters. The topological polar surface area (TPSA) is 21.3 Å². The summed E-state index contributed by atoms with van der Waals surface area (Å²) in [6, 6.07) is 11.1. The molecule has 2 aromatic rings. The van der Waals surface area contributed by atoms with Gasteiger partial charge in [0, 0.05) is 0 Å². The van der Waals surface area contributed by atoms with Gasteiger partial charge in [-0.25, -0.2) is 0 Å².